The summed E-state index contributed by atoms with van der Waals surface area (Å²) in [4.78, 5) is 15.2. The highest BCUT2D eigenvalue weighted by atomic mass is 31.2. The first kappa shape index (κ1) is 13.7. The molecule has 0 aromatic carbocycles. The van der Waals surface area contributed by atoms with E-state index in [0.29, 0.717) is 6.04 Å². The summed E-state index contributed by atoms with van der Waals surface area (Å²) in [7, 11) is 3.22. The summed E-state index contributed by atoms with van der Waals surface area (Å²) < 4.78 is 4.55. The maximum Gasteiger partial charge on any atom is 0.185 e. The predicted octanol–water partition coefficient (Wildman–Crippen LogP) is 0.0889. The van der Waals surface area contributed by atoms with Gasteiger partial charge >= 0.3 is 0 Å². The van der Waals surface area contributed by atoms with Crippen LogP contribution >= 0.6 is 8.45 Å². The number of hydrogen-bond donors (Lipinski definition) is 1. The van der Waals surface area contributed by atoms with E-state index in [1.54, 1.807) is 0 Å². The van der Waals surface area contributed by atoms with E-state index in [2.05, 4.69) is 40.2 Å². The standard InChI is InChI=1S/C11H25N4OP/c1-11-10-13(3)6-9-15(11)17(16)14-7-4-12(2)5-8-14/h11,16H,4-10H2,1-3H3. The number of piperazine rings is 2. The molecule has 6 heteroatoms. The van der Waals surface area contributed by atoms with Crippen LogP contribution in [0.25, 0.3) is 0 Å². The highest BCUT2D eigenvalue weighted by Crippen LogP contribution is 2.42. The number of hydrogen-bond acceptors (Lipinski definition) is 5. The van der Waals surface area contributed by atoms with Crippen LogP contribution in [0.4, 0.5) is 0 Å². The van der Waals surface area contributed by atoms with Crippen LogP contribution in [0.2, 0.25) is 0 Å². The Kier molecular flexibility index (Phi) is 4.75. The van der Waals surface area contributed by atoms with Crippen LogP contribution in [0.1, 0.15) is 6.92 Å². The third-order valence-electron chi connectivity index (χ3n) is 3.76. The first-order valence-electron chi connectivity index (χ1n) is 6.45. The Bertz CT molecular complexity index is 248. The van der Waals surface area contributed by atoms with Crippen LogP contribution in [-0.4, -0.2) is 90.0 Å². The summed E-state index contributed by atoms with van der Waals surface area (Å²) in [5.41, 5.74) is 0. The molecule has 0 aromatic rings. The molecule has 1 N–H and O–H groups in total. The Morgan fingerprint density at radius 3 is 2.12 bits per heavy atom. The van der Waals surface area contributed by atoms with Crippen molar-refractivity contribution in [1.29, 1.82) is 0 Å². The average Bonchev–Trinajstić information content (AvgIpc) is 2.29. The Hall–Kier alpha value is 0.230. The summed E-state index contributed by atoms with van der Waals surface area (Å²) in [6.45, 7) is 9.48. The molecule has 0 aliphatic carbocycles. The molecule has 100 valence electrons. The van der Waals surface area contributed by atoms with Crippen molar-refractivity contribution in [2.24, 2.45) is 0 Å². The maximum absolute atomic E-state index is 10.5. The second-order valence-corrected chi connectivity index (χ2v) is 6.92. The van der Waals surface area contributed by atoms with Gasteiger partial charge in [0.25, 0.3) is 0 Å². The molecule has 0 spiro atoms. The molecule has 0 bridgehead atoms. The van der Waals surface area contributed by atoms with Crippen molar-refractivity contribution in [1.82, 2.24) is 19.1 Å². The van der Waals surface area contributed by atoms with Gasteiger partial charge in [0.15, 0.2) is 8.45 Å². The summed E-state index contributed by atoms with van der Waals surface area (Å²) >= 11 is 0. The minimum absolute atomic E-state index is 0.463. The average molecular weight is 260 g/mol. The fourth-order valence-electron chi connectivity index (χ4n) is 2.53. The van der Waals surface area contributed by atoms with Crippen LogP contribution < -0.4 is 0 Å². The molecule has 2 aliphatic rings. The lowest BCUT2D eigenvalue weighted by Crippen LogP contribution is -2.51. The van der Waals surface area contributed by atoms with Crippen molar-refractivity contribution in [3.8, 4) is 0 Å². The molecule has 0 aromatic heterocycles. The molecular formula is C11H25N4OP. The van der Waals surface area contributed by atoms with Gasteiger partial charge in [-0.15, -0.1) is 0 Å². The SMILES string of the molecule is CC1CN(C)CCN1P(O)N1CCN(C)CC1. The van der Waals surface area contributed by atoms with Gasteiger partial charge in [-0.25, -0.2) is 9.34 Å². The highest BCUT2D eigenvalue weighted by Gasteiger charge is 2.32. The highest BCUT2D eigenvalue weighted by molar-refractivity contribution is 7.46. The fourth-order valence-corrected chi connectivity index (χ4v) is 4.09. The normalized spacial score (nSPS) is 32.8. The van der Waals surface area contributed by atoms with Gasteiger partial charge in [-0.05, 0) is 21.0 Å². The topological polar surface area (TPSA) is 33.2 Å². The maximum atomic E-state index is 10.5. The summed E-state index contributed by atoms with van der Waals surface area (Å²) in [5, 5.41) is 0. The monoisotopic (exact) mass is 260 g/mol. The molecule has 2 heterocycles. The number of nitrogens with zero attached hydrogens (tertiary/aromatic N) is 4. The molecule has 2 rings (SSSR count). The summed E-state index contributed by atoms with van der Waals surface area (Å²) in [6, 6.07) is 0.463. The van der Waals surface area contributed by atoms with Crippen LogP contribution in [0.15, 0.2) is 0 Å². The molecule has 0 saturated carbocycles. The zero-order valence-electron chi connectivity index (χ0n) is 11.2. The second kappa shape index (κ2) is 5.91. The van der Waals surface area contributed by atoms with Crippen LogP contribution in [-0.2, 0) is 0 Å². The molecular weight excluding hydrogens is 235 g/mol. The molecule has 0 radical (unpaired) electrons. The molecule has 5 nitrogen and oxygen atoms in total. The minimum atomic E-state index is -1.08. The van der Waals surface area contributed by atoms with Crippen molar-refractivity contribution in [3.63, 3.8) is 0 Å². The first-order valence-corrected chi connectivity index (χ1v) is 7.65. The van der Waals surface area contributed by atoms with Crippen LogP contribution in [0.5, 0.6) is 0 Å². The van der Waals surface area contributed by atoms with Crippen LogP contribution in [0, 0.1) is 0 Å². The van der Waals surface area contributed by atoms with Crippen molar-refractivity contribution >= 4 is 8.45 Å². The van der Waals surface area contributed by atoms with E-state index in [-0.39, 0.29) is 0 Å². The Morgan fingerprint density at radius 2 is 1.53 bits per heavy atom. The zero-order chi connectivity index (χ0) is 12.4. The third kappa shape index (κ3) is 3.37. The van der Waals surface area contributed by atoms with E-state index in [1.807, 2.05) is 0 Å². The Balaban J connectivity index is 1.88. The lowest BCUT2D eigenvalue weighted by atomic mass is 10.2. The number of rotatable bonds is 2. The van der Waals surface area contributed by atoms with Gasteiger partial charge in [-0.2, -0.15) is 0 Å². The van der Waals surface area contributed by atoms with E-state index in [9.17, 15) is 4.89 Å². The van der Waals surface area contributed by atoms with Gasteiger partial charge in [0.2, 0.25) is 0 Å². The number of likely N-dealkylation sites (N-methyl/N-ethyl adjacent to an activating group) is 2. The zero-order valence-corrected chi connectivity index (χ0v) is 12.1. The first-order chi connectivity index (χ1) is 8.08. The molecule has 2 saturated heterocycles. The molecule has 2 aliphatic heterocycles. The predicted molar refractivity (Wildman–Crippen MR) is 71.9 cm³/mol. The van der Waals surface area contributed by atoms with E-state index in [4.69, 9.17) is 0 Å². The minimum Gasteiger partial charge on any atom is -0.347 e. The summed E-state index contributed by atoms with van der Waals surface area (Å²) in [6.07, 6.45) is 0. The smallest absolute Gasteiger partial charge is 0.185 e. The molecule has 2 fully saturated rings. The van der Waals surface area contributed by atoms with Gasteiger partial charge in [-0.3, -0.25) is 0 Å². The second-order valence-electron chi connectivity index (χ2n) is 5.30. The van der Waals surface area contributed by atoms with E-state index in [1.165, 1.54) is 0 Å². The van der Waals surface area contributed by atoms with E-state index >= 15 is 0 Å². The van der Waals surface area contributed by atoms with Gasteiger partial charge < -0.3 is 14.7 Å². The molecule has 0 amide bonds. The van der Waals surface area contributed by atoms with E-state index < -0.39 is 8.45 Å². The Morgan fingerprint density at radius 1 is 0.941 bits per heavy atom. The van der Waals surface area contributed by atoms with Gasteiger partial charge in [0.1, 0.15) is 0 Å². The molecule has 2 atom stereocenters. The van der Waals surface area contributed by atoms with Crippen molar-refractivity contribution < 1.29 is 4.89 Å². The largest absolute Gasteiger partial charge is 0.347 e. The van der Waals surface area contributed by atoms with Crippen LogP contribution in [0.3, 0.4) is 0 Å². The molecule has 2 unspecified atom stereocenters. The van der Waals surface area contributed by atoms with Gasteiger partial charge in [0.05, 0.1) is 0 Å². The Labute approximate surface area is 106 Å². The fraction of sp³-hybridized carbons (Fsp3) is 1.00. The van der Waals surface area contributed by atoms with Crippen molar-refractivity contribution in [3.05, 3.63) is 0 Å². The lowest BCUT2D eigenvalue weighted by molar-refractivity contribution is 0.146. The lowest BCUT2D eigenvalue weighted by Gasteiger charge is -2.45. The molecule has 17 heavy (non-hydrogen) atoms. The quantitative estimate of drug-likeness (QED) is 0.712. The van der Waals surface area contributed by atoms with Gasteiger partial charge in [-0.1, -0.05) is 0 Å². The third-order valence-corrected chi connectivity index (χ3v) is 5.72. The van der Waals surface area contributed by atoms with Gasteiger partial charge in [0, 0.05) is 51.9 Å². The summed E-state index contributed by atoms with van der Waals surface area (Å²) in [5.74, 6) is 0. The van der Waals surface area contributed by atoms with Crippen molar-refractivity contribution in [2.75, 3.05) is 59.9 Å². The van der Waals surface area contributed by atoms with Crippen molar-refractivity contribution in [2.45, 2.75) is 13.0 Å². The van der Waals surface area contributed by atoms with E-state index in [0.717, 1.165) is 45.8 Å².